The minimum absolute atomic E-state index is 0.117. The number of amides is 2. The van der Waals surface area contributed by atoms with Gasteiger partial charge in [-0.2, -0.15) is 0 Å². The Hall–Kier alpha value is -2.44. The van der Waals surface area contributed by atoms with Gasteiger partial charge in [0.2, 0.25) is 0 Å². The molecule has 132 valence electrons. The van der Waals surface area contributed by atoms with E-state index < -0.39 is 41.6 Å². The molecular weight excluding hydrogens is 372 g/mol. The van der Waals surface area contributed by atoms with Gasteiger partial charge in [-0.25, -0.2) is 9.78 Å². The Balaban J connectivity index is 1.74. The van der Waals surface area contributed by atoms with Crippen LogP contribution in [0.25, 0.3) is 0 Å². The molecule has 0 spiro atoms. The maximum atomic E-state index is 12.2. The summed E-state index contributed by atoms with van der Waals surface area (Å²) in [6.45, 7) is -0.480. The minimum Gasteiger partial charge on any atom is -0.477 e. The van der Waals surface area contributed by atoms with Crippen molar-refractivity contribution in [1.82, 2.24) is 15.2 Å². The number of nitrogens with one attached hydrogen (secondary N) is 1. The van der Waals surface area contributed by atoms with Gasteiger partial charge in [-0.05, 0) is 5.57 Å². The van der Waals surface area contributed by atoms with Gasteiger partial charge in [-0.15, -0.1) is 23.1 Å². The lowest BCUT2D eigenvalue weighted by Gasteiger charge is -2.49. The number of nitrogen functional groups attached to an aromatic ring is 1. The van der Waals surface area contributed by atoms with Crippen LogP contribution in [-0.2, 0) is 14.4 Å². The van der Waals surface area contributed by atoms with Crippen molar-refractivity contribution in [3.63, 3.8) is 0 Å². The van der Waals surface area contributed by atoms with Crippen LogP contribution in [0, 0.1) is 0 Å². The number of thiazole rings is 1. The first kappa shape index (κ1) is 17.4. The Morgan fingerprint density at radius 2 is 2.16 bits per heavy atom. The first-order valence-corrected chi connectivity index (χ1v) is 8.85. The number of carboxylic acid groups (broad SMARTS) is 1. The number of ketones is 1. The number of aromatic nitrogens is 1. The second-order valence-corrected chi connectivity index (χ2v) is 7.17. The standard InChI is InChI=1S/C13H12N4O6S2/c14-13-15-5(3-25-13)8(19)9(20)16-6-10(21)17-7(12(22)23)4(1-18)2-24-11(6)17/h3,6,11,18H,1-2H2,(H2,14,15)(H,16,20)(H,22,23). The van der Waals surface area contributed by atoms with Crippen molar-refractivity contribution < 1.29 is 29.4 Å². The predicted octanol–water partition coefficient (Wildman–Crippen LogP) is -1.36. The number of hydrogen-bond donors (Lipinski definition) is 4. The van der Waals surface area contributed by atoms with Crippen LogP contribution in [0.5, 0.6) is 0 Å². The largest absolute Gasteiger partial charge is 0.477 e. The van der Waals surface area contributed by atoms with Gasteiger partial charge in [-0.1, -0.05) is 0 Å². The van der Waals surface area contributed by atoms with E-state index in [-0.39, 0.29) is 27.8 Å². The summed E-state index contributed by atoms with van der Waals surface area (Å²) in [5.74, 6) is -3.72. The molecule has 25 heavy (non-hydrogen) atoms. The van der Waals surface area contributed by atoms with Gasteiger partial charge in [-0.3, -0.25) is 19.3 Å². The number of thioether (sulfide) groups is 1. The number of aliphatic hydroxyl groups excluding tert-OH is 1. The summed E-state index contributed by atoms with van der Waals surface area (Å²) in [6.07, 6.45) is 0. The van der Waals surface area contributed by atoms with Crippen LogP contribution in [0.4, 0.5) is 5.13 Å². The van der Waals surface area contributed by atoms with Gasteiger partial charge in [0.05, 0.1) is 6.61 Å². The normalized spacial score (nSPS) is 22.3. The zero-order chi connectivity index (χ0) is 18.3. The molecule has 10 nitrogen and oxygen atoms in total. The van der Waals surface area contributed by atoms with Crippen LogP contribution in [-0.4, -0.2) is 67.4 Å². The molecular formula is C13H12N4O6S2. The number of Topliss-reactive ketones (excluding diaryl/α,β-unsaturated/α-hetero) is 1. The molecule has 0 aliphatic carbocycles. The quantitative estimate of drug-likeness (QED) is 0.273. The number of aliphatic hydroxyl groups is 1. The minimum atomic E-state index is -1.33. The average Bonchev–Trinajstić information content (AvgIpc) is 3.03. The number of carbonyl (C=O) groups is 4. The van der Waals surface area contributed by atoms with Crippen molar-refractivity contribution >= 4 is 51.8 Å². The molecule has 1 saturated heterocycles. The summed E-state index contributed by atoms with van der Waals surface area (Å²) >= 11 is 2.20. The second-order valence-electron chi connectivity index (χ2n) is 5.18. The van der Waals surface area contributed by atoms with E-state index in [0.29, 0.717) is 0 Å². The molecule has 12 heteroatoms. The molecule has 0 bridgehead atoms. The van der Waals surface area contributed by atoms with Crippen LogP contribution in [0.1, 0.15) is 10.5 Å². The summed E-state index contributed by atoms with van der Waals surface area (Å²) < 4.78 is 0. The van der Waals surface area contributed by atoms with E-state index in [1.165, 1.54) is 17.1 Å². The maximum Gasteiger partial charge on any atom is 0.352 e. The van der Waals surface area contributed by atoms with Crippen LogP contribution in [0.2, 0.25) is 0 Å². The number of hydrogen-bond acceptors (Lipinski definition) is 9. The first-order valence-electron chi connectivity index (χ1n) is 6.92. The number of rotatable bonds is 5. The number of β-lactam (4-membered cyclic amide) rings is 1. The third kappa shape index (κ3) is 2.88. The van der Waals surface area contributed by atoms with E-state index in [1.807, 2.05) is 0 Å². The molecule has 2 atom stereocenters. The highest BCUT2D eigenvalue weighted by molar-refractivity contribution is 8.00. The molecule has 0 radical (unpaired) electrons. The number of carboxylic acids is 1. The van der Waals surface area contributed by atoms with Crippen LogP contribution in [0.15, 0.2) is 16.7 Å². The lowest BCUT2D eigenvalue weighted by molar-refractivity contribution is -0.150. The maximum absolute atomic E-state index is 12.2. The van der Waals surface area contributed by atoms with Crippen molar-refractivity contribution in [2.45, 2.75) is 11.4 Å². The number of nitrogens with two attached hydrogens (primary N) is 1. The van der Waals surface area contributed by atoms with Crippen LogP contribution < -0.4 is 11.1 Å². The SMILES string of the molecule is Nc1nc(C(=O)C(=O)NC2C(=O)N3C(C(=O)O)=C(CO)CSC23)cs1. The number of fused-ring (bicyclic) bond motifs is 1. The smallest absolute Gasteiger partial charge is 0.352 e. The molecule has 2 amide bonds. The van der Waals surface area contributed by atoms with Gasteiger partial charge < -0.3 is 21.3 Å². The van der Waals surface area contributed by atoms with Gasteiger partial charge in [0.15, 0.2) is 5.13 Å². The molecule has 0 aromatic carbocycles. The van der Waals surface area contributed by atoms with Crippen molar-refractivity contribution in [3.8, 4) is 0 Å². The number of nitrogens with zero attached hydrogens (tertiary/aromatic N) is 2. The first-order chi connectivity index (χ1) is 11.8. The van der Waals surface area contributed by atoms with E-state index in [9.17, 15) is 29.4 Å². The number of aliphatic carboxylic acids is 1. The third-order valence-electron chi connectivity index (χ3n) is 3.69. The zero-order valence-electron chi connectivity index (χ0n) is 12.5. The van der Waals surface area contributed by atoms with Crippen molar-refractivity contribution in [2.75, 3.05) is 18.1 Å². The lowest BCUT2D eigenvalue weighted by Crippen LogP contribution is -2.71. The Morgan fingerprint density at radius 3 is 2.72 bits per heavy atom. The lowest BCUT2D eigenvalue weighted by atomic mass is 10.0. The fourth-order valence-electron chi connectivity index (χ4n) is 2.52. The highest BCUT2D eigenvalue weighted by Gasteiger charge is 2.54. The summed E-state index contributed by atoms with van der Waals surface area (Å²) in [4.78, 5) is 52.3. The third-order valence-corrected chi connectivity index (χ3v) is 5.70. The van der Waals surface area contributed by atoms with Crippen molar-refractivity contribution in [1.29, 1.82) is 0 Å². The molecule has 2 aliphatic rings. The second kappa shape index (κ2) is 6.46. The molecule has 1 fully saturated rings. The summed E-state index contributed by atoms with van der Waals surface area (Å²) in [6, 6.07) is -1.02. The summed E-state index contributed by atoms with van der Waals surface area (Å²) in [7, 11) is 0. The molecule has 3 heterocycles. The highest BCUT2D eigenvalue weighted by Crippen LogP contribution is 2.40. The van der Waals surface area contributed by atoms with E-state index >= 15 is 0 Å². The van der Waals surface area contributed by atoms with Gasteiger partial charge in [0.25, 0.3) is 17.6 Å². The Kier molecular flexibility index (Phi) is 4.49. The average molecular weight is 384 g/mol. The topological polar surface area (TPSA) is 163 Å². The van der Waals surface area contributed by atoms with Crippen molar-refractivity contribution in [2.24, 2.45) is 0 Å². The van der Waals surface area contributed by atoms with Gasteiger partial charge in [0, 0.05) is 11.1 Å². The molecule has 5 N–H and O–H groups in total. The van der Waals surface area contributed by atoms with E-state index in [0.717, 1.165) is 16.2 Å². The predicted molar refractivity (Wildman–Crippen MR) is 87.6 cm³/mol. The van der Waals surface area contributed by atoms with Gasteiger partial charge in [0.1, 0.15) is 22.8 Å². The van der Waals surface area contributed by atoms with E-state index in [1.54, 1.807) is 0 Å². The fourth-order valence-corrected chi connectivity index (χ4v) is 4.40. The van der Waals surface area contributed by atoms with E-state index in [2.05, 4.69) is 10.3 Å². The Bertz CT molecular complexity index is 819. The van der Waals surface area contributed by atoms with Crippen LogP contribution in [0.3, 0.4) is 0 Å². The number of carbonyl (C=O) groups excluding carboxylic acids is 3. The van der Waals surface area contributed by atoms with Gasteiger partial charge >= 0.3 is 5.97 Å². The Morgan fingerprint density at radius 1 is 1.44 bits per heavy atom. The molecule has 0 saturated carbocycles. The summed E-state index contributed by atoms with van der Waals surface area (Å²) in [5.41, 5.74) is 5.24. The Labute approximate surface area is 148 Å². The zero-order valence-corrected chi connectivity index (χ0v) is 14.1. The van der Waals surface area contributed by atoms with Crippen molar-refractivity contribution in [3.05, 3.63) is 22.3 Å². The highest BCUT2D eigenvalue weighted by atomic mass is 32.2. The molecule has 3 rings (SSSR count). The summed E-state index contributed by atoms with van der Waals surface area (Å²) in [5, 5.41) is 21.6. The van der Waals surface area contributed by atoms with E-state index in [4.69, 9.17) is 5.73 Å². The molecule has 2 unspecified atom stereocenters. The fraction of sp³-hybridized carbons (Fsp3) is 0.308. The monoisotopic (exact) mass is 384 g/mol. The molecule has 2 aliphatic heterocycles. The number of anilines is 1. The molecule has 1 aromatic rings. The molecule has 1 aromatic heterocycles. The van der Waals surface area contributed by atoms with Crippen LogP contribution >= 0.6 is 23.1 Å².